The first-order chi connectivity index (χ1) is 12.5. The first-order valence-electron chi connectivity index (χ1n) is 8.51. The van der Waals surface area contributed by atoms with E-state index in [9.17, 15) is 9.18 Å². The van der Waals surface area contributed by atoms with Crippen LogP contribution in [0.4, 0.5) is 10.1 Å². The zero-order chi connectivity index (χ0) is 18.7. The molecular formula is C20H23Cl3FN3O. The van der Waals surface area contributed by atoms with Gasteiger partial charge in [-0.1, -0.05) is 23.7 Å². The second-order valence-electron chi connectivity index (χ2n) is 6.51. The van der Waals surface area contributed by atoms with Crippen molar-refractivity contribution in [3.63, 3.8) is 0 Å². The fourth-order valence-corrected chi connectivity index (χ4v) is 3.23. The summed E-state index contributed by atoms with van der Waals surface area (Å²) in [6, 6.07) is 11.8. The zero-order valence-corrected chi connectivity index (χ0v) is 18.1. The number of aliphatic imine (C=N–C) groups is 1. The van der Waals surface area contributed by atoms with Gasteiger partial charge in [-0.15, -0.1) is 24.8 Å². The average Bonchev–Trinajstić information content (AvgIpc) is 2.72. The van der Waals surface area contributed by atoms with Gasteiger partial charge in [0.15, 0.2) is 0 Å². The number of rotatable bonds is 5. The second kappa shape index (κ2) is 10.8. The minimum atomic E-state index is -0.370. The smallest absolute Gasteiger partial charge is 0.248 e. The third-order valence-corrected chi connectivity index (χ3v) is 4.53. The Labute approximate surface area is 182 Å². The van der Waals surface area contributed by atoms with Gasteiger partial charge in [-0.3, -0.25) is 9.79 Å². The predicted octanol–water partition coefficient (Wildman–Crippen LogP) is 4.46. The molecule has 0 fully saturated rings. The van der Waals surface area contributed by atoms with E-state index in [0.717, 1.165) is 18.7 Å². The van der Waals surface area contributed by atoms with E-state index in [1.165, 1.54) is 6.07 Å². The van der Waals surface area contributed by atoms with Crippen LogP contribution in [0, 0.1) is 5.82 Å². The van der Waals surface area contributed by atoms with Crippen LogP contribution in [0.15, 0.2) is 47.5 Å². The summed E-state index contributed by atoms with van der Waals surface area (Å²) in [6.45, 7) is 1.43. The summed E-state index contributed by atoms with van der Waals surface area (Å²) >= 11 is 6.19. The van der Waals surface area contributed by atoms with E-state index in [0.29, 0.717) is 28.4 Å². The van der Waals surface area contributed by atoms with Gasteiger partial charge in [-0.2, -0.15) is 0 Å². The van der Waals surface area contributed by atoms with Gasteiger partial charge in [-0.05, 0) is 57.4 Å². The van der Waals surface area contributed by atoms with Crippen molar-refractivity contribution in [2.24, 2.45) is 4.99 Å². The van der Waals surface area contributed by atoms with Gasteiger partial charge in [0.1, 0.15) is 12.4 Å². The van der Waals surface area contributed by atoms with E-state index >= 15 is 0 Å². The van der Waals surface area contributed by atoms with Crippen LogP contribution in [0.2, 0.25) is 5.02 Å². The molecule has 1 aliphatic rings. The molecule has 0 N–H and O–H groups in total. The van der Waals surface area contributed by atoms with Crippen LogP contribution in [0.5, 0.6) is 0 Å². The molecule has 0 atom stereocenters. The molecule has 2 aromatic carbocycles. The fourth-order valence-electron chi connectivity index (χ4n) is 3.06. The van der Waals surface area contributed by atoms with Crippen molar-refractivity contribution < 1.29 is 9.18 Å². The number of benzene rings is 2. The van der Waals surface area contributed by atoms with Crippen LogP contribution in [0.25, 0.3) is 0 Å². The molecule has 0 radical (unpaired) electrons. The maximum atomic E-state index is 14.4. The summed E-state index contributed by atoms with van der Waals surface area (Å²) in [5.74, 6) is -0.468. The minimum absolute atomic E-state index is 0. The summed E-state index contributed by atoms with van der Waals surface area (Å²) in [6.07, 6.45) is 0.829. The summed E-state index contributed by atoms with van der Waals surface area (Å²) in [5.41, 5.74) is 2.24. The van der Waals surface area contributed by atoms with Gasteiger partial charge in [0.05, 0.1) is 11.4 Å². The molecule has 0 saturated carbocycles. The van der Waals surface area contributed by atoms with Crippen molar-refractivity contribution >= 4 is 53.7 Å². The molecule has 8 heteroatoms. The summed E-state index contributed by atoms with van der Waals surface area (Å²) in [4.78, 5) is 20.9. The van der Waals surface area contributed by atoms with Crippen molar-refractivity contribution in [1.82, 2.24) is 4.90 Å². The van der Waals surface area contributed by atoms with Crippen molar-refractivity contribution in [2.45, 2.75) is 6.42 Å². The molecular weight excluding hydrogens is 424 g/mol. The first kappa shape index (κ1) is 24.4. The van der Waals surface area contributed by atoms with Gasteiger partial charge in [0.25, 0.3) is 0 Å². The maximum Gasteiger partial charge on any atom is 0.248 e. The normalized spacial score (nSPS) is 13.2. The number of halogens is 4. The Morgan fingerprint density at radius 1 is 1.14 bits per heavy atom. The maximum absolute atomic E-state index is 14.4. The molecule has 4 nitrogen and oxygen atoms in total. The number of carbonyl (C=O) groups excluding carboxylic acids is 1. The van der Waals surface area contributed by atoms with Crippen LogP contribution in [0.1, 0.15) is 17.5 Å². The largest absolute Gasteiger partial charge is 0.310 e. The molecule has 2 aromatic rings. The van der Waals surface area contributed by atoms with Gasteiger partial charge in [0.2, 0.25) is 5.91 Å². The molecule has 0 saturated heterocycles. The molecule has 152 valence electrons. The van der Waals surface area contributed by atoms with Crippen molar-refractivity contribution in [3.05, 3.63) is 64.4 Å². The number of amides is 1. The molecule has 0 aliphatic carbocycles. The molecule has 1 heterocycles. The zero-order valence-electron chi connectivity index (χ0n) is 15.7. The quantitative estimate of drug-likeness (QED) is 0.680. The van der Waals surface area contributed by atoms with Crippen LogP contribution in [-0.4, -0.2) is 50.2 Å². The fraction of sp³-hybridized carbons (Fsp3) is 0.300. The van der Waals surface area contributed by atoms with Gasteiger partial charge in [-0.25, -0.2) is 4.39 Å². The SMILES string of the molecule is CN(C)CCCN1C(=O)CN=C(c2ccccc2F)c2cc(Cl)ccc21.Cl.Cl. The third kappa shape index (κ3) is 5.45. The van der Waals surface area contributed by atoms with Crippen molar-refractivity contribution in [3.8, 4) is 0 Å². The van der Waals surface area contributed by atoms with Crippen molar-refractivity contribution in [2.75, 3.05) is 38.6 Å². The third-order valence-electron chi connectivity index (χ3n) is 4.29. The number of benzodiazepines with no additional fused rings is 1. The van der Waals surface area contributed by atoms with Gasteiger partial charge < -0.3 is 9.80 Å². The second-order valence-corrected chi connectivity index (χ2v) is 6.94. The Hall–Kier alpha value is -1.66. The standard InChI is InChI=1S/C20H21ClFN3O.2ClH/c1-24(2)10-5-11-25-18-9-8-14(21)12-16(18)20(23-13-19(25)26)15-6-3-4-7-17(15)22;;/h3-4,6-9,12H,5,10-11,13H2,1-2H3;2*1H. The molecule has 28 heavy (non-hydrogen) atoms. The Balaban J connectivity index is 0.00000196. The minimum Gasteiger partial charge on any atom is -0.310 e. The molecule has 3 rings (SSSR count). The van der Waals surface area contributed by atoms with Crippen LogP contribution >= 0.6 is 36.4 Å². The Morgan fingerprint density at radius 3 is 2.54 bits per heavy atom. The van der Waals surface area contributed by atoms with Crippen LogP contribution in [0.3, 0.4) is 0 Å². The molecule has 0 unspecified atom stereocenters. The Morgan fingerprint density at radius 2 is 1.86 bits per heavy atom. The summed E-state index contributed by atoms with van der Waals surface area (Å²) in [5, 5.41) is 0.523. The lowest BCUT2D eigenvalue weighted by molar-refractivity contribution is -0.117. The van der Waals surface area contributed by atoms with E-state index < -0.39 is 0 Å². The number of carbonyl (C=O) groups is 1. The highest BCUT2D eigenvalue weighted by molar-refractivity contribution is 6.32. The van der Waals surface area contributed by atoms with E-state index in [2.05, 4.69) is 9.89 Å². The van der Waals surface area contributed by atoms with Gasteiger partial charge >= 0.3 is 0 Å². The highest BCUT2D eigenvalue weighted by atomic mass is 35.5. The molecule has 1 amide bonds. The molecule has 0 spiro atoms. The van der Waals surface area contributed by atoms with E-state index in [1.807, 2.05) is 20.2 Å². The number of hydrogen-bond donors (Lipinski definition) is 0. The monoisotopic (exact) mass is 445 g/mol. The highest BCUT2D eigenvalue weighted by Crippen LogP contribution is 2.30. The van der Waals surface area contributed by atoms with Crippen molar-refractivity contribution in [1.29, 1.82) is 0 Å². The number of hydrogen-bond acceptors (Lipinski definition) is 3. The topological polar surface area (TPSA) is 35.9 Å². The predicted molar refractivity (Wildman–Crippen MR) is 118 cm³/mol. The highest BCUT2D eigenvalue weighted by Gasteiger charge is 2.26. The Kier molecular flexibility index (Phi) is 9.37. The first-order valence-corrected chi connectivity index (χ1v) is 8.89. The average molecular weight is 447 g/mol. The molecule has 0 aromatic heterocycles. The summed E-state index contributed by atoms with van der Waals surface area (Å²) in [7, 11) is 3.99. The number of nitrogens with zero attached hydrogens (tertiary/aromatic N) is 3. The molecule has 0 bridgehead atoms. The lowest BCUT2D eigenvalue weighted by atomic mass is 9.99. The summed E-state index contributed by atoms with van der Waals surface area (Å²) < 4.78 is 14.4. The molecule has 1 aliphatic heterocycles. The van der Waals surface area contributed by atoms with Crippen LogP contribution < -0.4 is 4.90 Å². The Bertz CT molecular complexity index is 858. The van der Waals surface area contributed by atoms with E-state index in [4.69, 9.17) is 11.6 Å². The number of fused-ring (bicyclic) bond motifs is 1. The van der Waals surface area contributed by atoms with Gasteiger partial charge in [0, 0.05) is 22.7 Å². The lowest BCUT2D eigenvalue weighted by Gasteiger charge is -2.24. The van der Waals surface area contributed by atoms with E-state index in [1.54, 1.807) is 35.2 Å². The van der Waals surface area contributed by atoms with Crippen LogP contribution in [-0.2, 0) is 4.79 Å². The number of anilines is 1. The van der Waals surface area contributed by atoms with E-state index in [-0.39, 0.29) is 43.1 Å². The lowest BCUT2D eigenvalue weighted by Crippen LogP contribution is -2.34.